The van der Waals surface area contributed by atoms with Crippen molar-refractivity contribution in [2.45, 2.75) is 13.0 Å². The van der Waals surface area contributed by atoms with Gasteiger partial charge in [-0.05, 0) is 30.2 Å². The zero-order valence-electron chi connectivity index (χ0n) is 10.8. The van der Waals surface area contributed by atoms with E-state index >= 15 is 0 Å². The zero-order chi connectivity index (χ0) is 13.5. The molecule has 18 heavy (non-hydrogen) atoms. The average Bonchev–Trinajstić information content (AvgIpc) is 2.37. The van der Waals surface area contributed by atoms with Crippen LogP contribution in [0.15, 0.2) is 18.2 Å². The second-order valence-electron chi connectivity index (χ2n) is 3.90. The van der Waals surface area contributed by atoms with Crippen LogP contribution in [0, 0.1) is 12.7 Å². The zero-order valence-corrected chi connectivity index (χ0v) is 10.8. The highest BCUT2D eigenvalue weighted by Crippen LogP contribution is 2.20. The summed E-state index contributed by atoms with van der Waals surface area (Å²) in [5.74, 6) is -0.821. The van der Waals surface area contributed by atoms with E-state index in [0.717, 1.165) is 5.56 Å². The number of esters is 1. The Bertz CT molecular complexity index is 409. The minimum absolute atomic E-state index is 0.377. The van der Waals surface area contributed by atoms with Crippen molar-refractivity contribution in [2.75, 3.05) is 27.4 Å². The van der Waals surface area contributed by atoms with Gasteiger partial charge in [-0.1, -0.05) is 6.07 Å². The van der Waals surface area contributed by atoms with Gasteiger partial charge in [-0.25, -0.2) is 9.18 Å². The molecule has 0 aliphatic heterocycles. The largest absolute Gasteiger partial charge is 0.468 e. The fraction of sp³-hybridized carbons (Fsp3) is 0.462. The molecule has 0 spiro atoms. The number of nitrogens with one attached hydrogen (secondary N) is 1. The summed E-state index contributed by atoms with van der Waals surface area (Å²) in [7, 11) is 2.88. The van der Waals surface area contributed by atoms with Gasteiger partial charge in [-0.3, -0.25) is 5.32 Å². The third kappa shape index (κ3) is 3.78. The molecule has 0 aliphatic rings. The minimum Gasteiger partial charge on any atom is -0.468 e. The topological polar surface area (TPSA) is 47.6 Å². The van der Waals surface area contributed by atoms with Crippen molar-refractivity contribution in [3.05, 3.63) is 35.1 Å². The molecule has 1 unspecified atom stereocenters. The van der Waals surface area contributed by atoms with Crippen LogP contribution in [0.3, 0.4) is 0 Å². The van der Waals surface area contributed by atoms with Crippen molar-refractivity contribution < 1.29 is 18.7 Å². The Kier molecular flexibility index (Phi) is 5.74. The average molecular weight is 255 g/mol. The number of hydrogen-bond donors (Lipinski definition) is 1. The Morgan fingerprint density at radius 1 is 1.44 bits per heavy atom. The summed E-state index contributed by atoms with van der Waals surface area (Å²) >= 11 is 0. The molecule has 0 saturated carbocycles. The van der Waals surface area contributed by atoms with Gasteiger partial charge >= 0.3 is 5.97 Å². The van der Waals surface area contributed by atoms with Crippen LogP contribution >= 0.6 is 0 Å². The molecule has 1 aromatic rings. The molecule has 5 heteroatoms. The summed E-state index contributed by atoms with van der Waals surface area (Å²) in [5, 5.41) is 2.99. The molecule has 0 fully saturated rings. The first kappa shape index (κ1) is 14.6. The minimum atomic E-state index is -0.680. The van der Waals surface area contributed by atoms with Gasteiger partial charge in [0, 0.05) is 13.7 Å². The van der Waals surface area contributed by atoms with Crippen LogP contribution in [0.25, 0.3) is 0 Å². The predicted octanol–water partition coefficient (Wildman–Crippen LogP) is 1.58. The molecule has 0 bridgehead atoms. The molecule has 1 atom stereocenters. The molecule has 1 aromatic carbocycles. The maximum absolute atomic E-state index is 13.3. The number of aryl methyl sites for hydroxylation is 1. The summed E-state index contributed by atoms with van der Waals surface area (Å²) in [6, 6.07) is 3.67. The molecule has 0 aromatic heterocycles. The third-order valence-corrected chi connectivity index (χ3v) is 2.64. The maximum Gasteiger partial charge on any atom is 0.327 e. The van der Waals surface area contributed by atoms with Gasteiger partial charge in [0.25, 0.3) is 0 Å². The van der Waals surface area contributed by atoms with Crippen molar-refractivity contribution in [2.24, 2.45) is 0 Å². The number of hydrogen-bond acceptors (Lipinski definition) is 4. The van der Waals surface area contributed by atoms with Crippen LogP contribution in [0.5, 0.6) is 0 Å². The first-order chi connectivity index (χ1) is 8.60. The number of methoxy groups -OCH3 is 2. The van der Waals surface area contributed by atoms with Crippen LogP contribution < -0.4 is 5.32 Å². The molecule has 0 aliphatic carbocycles. The van der Waals surface area contributed by atoms with Gasteiger partial charge in [0.2, 0.25) is 0 Å². The molecule has 0 saturated heterocycles. The highest BCUT2D eigenvalue weighted by molar-refractivity contribution is 5.78. The summed E-state index contributed by atoms with van der Waals surface area (Å²) in [6.07, 6.45) is 0. The van der Waals surface area contributed by atoms with Gasteiger partial charge in [-0.2, -0.15) is 0 Å². The summed E-state index contributed by atoms with van der Waals surface area (Å²) in [5.41, 5.74) is 1.41. The van der Waals surface area contributed by atoms with Crippen molar-refractivity contribution in [1.82, 2.24) is 5.32 Å². The number of carbonyl (C=O) groups is 1. The second-order valence-corrected chi connectivity index (χ2v) is 3.90. The van der Waals surface area contributed by atoms with Crippen molar-refractivity contribution >= 4 is 5.97 Å². The highest BCUT2D eigenvalue weighted by atomic mass is 19.1. The maximum atomic E-state index is 13.3. The molecule has 0 heterocycles. The van der Waals surface area contributed by atoms with Crippen LogP contribution in [0.4, 0.5) is 4.39 Å². The van der Waals surface area contributed by atoms with E-state index < -0.39 is 12.0 Å². The Morgan fingerprint density at radius 3 is 2.78 bits per heavy atom. The van der Waals surface area contributed by atoms with E-state index in [0.29, 0.717) is 18.7 Å². The number of rotatable bonds is 6. The normalized spacial score (nSPS) is 12.2. The van der Waals surface area contributed by atoms with E-state index in [1.54, 1.807) is 13.2 Å². The molecule has 4 nitrogen and oxygen atoms in total. The Morgan fingerprint density at radius 2 is 2.17 bits per heavy atom. The van der Waals surface area contributed by atoms with Gasteiger partial charge in [0.15, 0.2) is 0 Å². The molecular formula is C13H18FNO3. The van der Waals surface area contributed by atoms with Gasteiger partial charge in [-0.15, -0.1) is 0 Å². The van der Waals surface area contributed by atoms with E-state index in [1.807, 2.05) is 6.92 Å². The molecule has 1 N–H and O–H groups in total. The van der Waals surface area contributed by atoms with E-state index in [9.17, 15) is 9.18 Å². The second kappa shape index (κ2) is 7.08. The van der Waals surface area contributed by atoms with Gasteiger partial charge in [0.1, 0.15) is 11.9 Å². The lowest BCUT2D eigenvalue weighted by molar-refractivity contribution is -0.143. The Balaban J connectivity index is 2.93. The summed E-state index contributed by atoms with van der Waals surface area (Å²) in [6.45, 7) is 2.76. The van der Waals surface area contributed by atoms with Crippen molar-refractivity contribution in [3.63, 3.8) is 0 Å². The predicted molar refractivity (Wildman–Crippen MR) is 65.8 cm³/mol. The van der Waals surface area contributed by atoms with E-state index in [-0.39, 0.29) is 5.82 Å². The number of benzene rings is 1. The smallest absolute Gasteiger partial charge is 0.327 e. The first-order valence-electron chi connectivity index (χ1n) is 5.66. The number of carbonyl (C=O) groups excluding carboxylic acids is 1. The molecule has 100 valence electrons. The van der Waals surface area contributed by atoms with E-state index in [2.05, 4.69) is 5.32 Å². The molecule has 1 rings (SSSR count). The lowest BCUT2D eigenvalue weighted by Gasteiger charge is -2.18. The summed E-state index contributed by atoms with van der Waals surface area (Å²) in [4.78, 5) is 11.7. The lowest BCUT2D eigenvalue weighted by atomic mass is 10.0. The number of halogens is 1. The molecule has 0 amide bonds. The highest BCUT2D eigenvalue weighted by Gasteiger charge is 2.22. The van der Waals surface area contributed by atoms with Gasteiger partial charge in [0.05, 0.1) is 13.7 Å². The standard InChI is InChI=1S/C13H18FNO3/c1-9-4-5-10(14)8-11(9)12(13(16)18-3)15-6-7-17-2/h4-5,8,12,15H,6-7H2,1-3H3. The monoisotopic (exact) mass is 255 g/mol. The molecular weight excluding hydrogens is 237 g/mol. The van der Waals surface area contributed by atoms with Crippen LogP contribution in [0.2, 0.25) is 0 Å². The number of ether oxygens (including phenoxy) is 2. The van der Waals surface area contributed by atoms with Crippen LogP contribution in [0.1, 0.15) is 17.2 Å². The molecule has 0 radical (unpaired) electrons. The third-order valence-electron chi connectivity index (χ3n) is 2.64. The van der Waals surface area contributed by atoms with E-state index in [4.69, 9.17) is 9.47 Å². The van der Waals surface area contributed by atoms with Crippen LogP contribution in [-0.2, 0) is 14.3 Å². The fourth-order valence-electron chi connectivity index (χ4n) is 1.67. The van der Waals surface area contributed by atoms with Crippen molar-refractivity contribution in [1.29, 1.82) is 0 Å². The Hall–Kier alpha value is -1.46. The van der Waals surface area contributed by atoms with Crippen molar-refractivity contribution in [3.8, 4) is 0 Å². The lowest BCUT2D eigenvalue weighted by Crippen LogP contribution is -2.32. The van der Waals surface area contributed by atoms with E-state index in [1.165, 1.54) is 19.2 Å². The quantitative estimate of drug-likeness (QED) is 0.619. The first-order valence-corrected chi connectivity index (χ1v) is 5.66. The fourth-order valence-corrected chi connectivity index (χ4v) is 1.67. The van der Waals surface area contributed by atoms with Crippen LogP contribution in [-0.4, -0.2) is 33.3 Å². The summed E-state index contributed by atoms with van der Waals surface area (Å²) < 4.78 is 22.9. The Labute approximate surface area is 106 Å². The van der Waals surface area contributed by atoms with Gasteiger partial charge < -0.3 is 9.47 Å². The SMILES string of the molecule is COCCNC(C(=O)OC)c1cc(F)ccc1C.